The van der Waals surface area contributed by atoms with Crippen molar-refractivity contribution < 1.29 is 9.78 Å². The molecule has 0 aromatic rings. The monoisotopic (exact) mass is 180 g/mol. The maximum atomic E-state index is 4.87. The fourth-order valence-corrected chi connectivity index (χ4v) is 1.01. The molecule has 1 fully saturated rings. The summed E-state index contributed by atoms with van der Waals surface area (Å²) in [7, 11) is 0. The maximum Gasteiger partial charge on any atom is 0.107 e. The van der Waals surface area contributed by atoms with Crippen molar-refractivity contribution >= 4 is 15.9 Å². The minimum absolute atomic E-state index is 0.259. The molecule has 0 aliphatic carbocycles. The third-order valence-corrected chi connectivity index (χ3v) is 1.78. The Morgan fingerprint density at radius 2 is 2.50 bits per heavy atom. The van der Waals surface area contributed by atoms with Gasteiger partial charge in [-0.1, -0.05) is 22.9 Å². The summed E-state index contributed by atoms with van der Waals surface area (Å²) in [6.07, 6.45) is 1.27. The van der Waals surface area contributed by atoms with Gasteiger partial charge in [0.05, 0.1) is 6.61 Å². The van der Waals surface area contributed by atoms with E-state index in [2.05, 4.69) is 27.7 Å². The third kappa shape index (κ3) is 1.44. The van der Waals surface area contributed by atoms with Crippen molar-refractivity contribution in [2.75, 3.05) is 6.61 Å². The van der Waals surface area contributed by atoms with Gasteiger partial charge in [-0.15, -0.1) is 0 Å². The van der Waals surface area contributed by atoms with E-state index in [1.54, 1.807) is 0 Å². The second-order valence-corrected chi connectivity index (χ2v) is 3.37. The Morgan fingerprint density at radius 3 is 2.75 bits per heavy atom. The Morgan fingerprint density at radius 1 is 1.75 bits per heavy atom. The summed E-state index contributed by atoms with van der Waals surface area (Å²) >= 11 is 3.40. The molecule has 8 heavy (non-hydrogen) atoms. The second-order valence-electron chi connectivity index (χ2n) is 1.92. The molecule has 2 unspecified atom stereocenters. The van der Waals surface area contributed by atoms with E-state index in [0.29, 0.717) is 4.83 Å². The van der Waals surface area contributed by atoms with Crippen molar-refractivity contribution in [3.8, 4) is 0 Å². The average molecular weight is 181 g/mol. The highest BCUT2D eigenvalue weighted by Gasteiger charge is 2.21. The first-order valence-corrected chi connectivity index (χ1v) is 3.64. The largest absolute Gasteiger partial charge is 0.236 e. The molecule has 0 amide bonds. The van der Waals surface area contributed by atoms with Crippen LogP contribution < -0.4 is 0 Å². The van der Waals surface area contributed by atoms with E-state index in [4.69, 9.17) is 4.89 Å². The van der Waals surface area contributed by atoms with Gasteiger partial charge in [0.25, 0.3) is 0 Å². The quantitative estimate of drug-likeness (QED) is 0.450. The average Bonchev–Trinajstić information content (AvgIpc) is 2.12. The van der Waals surface area contributed by atoms with Crippen molar-refractivity contribution in [3.05, 3.63) is 0 Å². The molecule has 0 saturated carbocycles. The van der Waals surface area contributed by atoms with Crippen molar-refractivity contribution in [1.82, 2.24) is 0 Å². The van der Waals surface area contributed by atoms with Gasteiger partial charge < -0.3 is 0 Å². The first-order chi connectivity index (χ1) is 3.80. The molecule has 2 atom stereocenters. The normalized spacial score (nSPS) is 33.0. The number of alkyl halides is 1. The van der Waals surface area contributed by atoms with Crippen molar-refractivity contribution in [3.63, 3.8) is 0 Å². The first kappa shape index (κ1) is 6.52. The summed E-state index contributed by atoms with van der Waals surface area (Å²) in [6, 6.07) is 0. The molecule has 0 radical (unpaired) electrons. The van der Waals surface area contributed by atoms with Crippen LogP contribution in [-0.4, -0.2) is 17.5 Å². The topological polar surface area (TPSA) is 18.5 Å². The van der Waals surface area contributed by atoms with Crippen LogP contribution in [0.4, 0.5) is 0 Å². The molecule has 1 saturated heterocycles. The molecule has 2 nitrogen and oxygen atoms in total. The summed E-state index contributed by atoms with van der Waals surface area (Å²) in [5, 5.41) is 0. The molecule has 0 aromatic carbocycles. The zero-order valence-electron chi connectivity index (χ0n) is 4.76. The van der Waals surface area contributed by atoms with E-state index in [9.17, 15) is 0 Å². The Labute approximate surface area is 57.2 Å². The highest BCUT2D eigenvalue weighted by atomic mass is 79.9. The van der Waals surface area contributed by atoms with Gasteiger partial charge in [0.1, 0.15) is 6.10 Å². The summed E-state index contributed by atoms with van der Waals surface area (Å²) < 4.78 is 0. The van der Waals surface area contributed by atoms with Crippen molar-refractivity contribution in [1.29, 1.82) is 0 Å². The van der Waals surface area contributed by atoms with E-state index in [-0.39, 0.29) is 6.10 Å². The van der Waals surface area contributed by atoms with Crippen LogP contribution in [0.25, 0.3) is 0 Å². The zero-order chi connectivity index (χ0) is 5.98. The van der Waals surface area contributed by atoms with Gasteiger partial charge in [0.2, 0.25) is 0 Å². The van der Waals surface area contributed by atoms with Crippen LogP contribution in [-0.2, 0) is 9.78 Å². The van der Waals surface area contributed by atoms with Crippen LogP contribution in [0.5, 0.6) is 0 Å². The molecule has 1 heterocycles. The van der Waals surface area contributed by atoms with Crippen LogP contribution in [0, 0.1) is 0 Å². The molecule has 0 aromatic heterocycles. The molecule has 0 N–H and O–H groups in total. The minimum Gasteiger partial charge on any atom is -0.236 e. The van der Waals surface area contributed by atoms with Gasteiger partial charge in [-0.05, 0) is 0 Å². The zero-order valence-corrected chi connectivity index (χ0v) is 6.35. The van der Waals surface area contributed by atoms with Gasteiger partial charge >= 0.3 is 0 Å². The molecule has 0 spiro atoms. The van der Waals surface area contributed by atoms with Gasteiger partial charge in [-0.25, -0.2) is 9.78 Å². The summed E-state index contributed by atoms with van der Waals surface area (Å²) in [6.45, 7) is 2.79. The van der Waals surface area contributed by atoms with Crippen LogP contribution in [0.15, 0.2) is 0 Å². The fourth-order valence-electron chi connectivity index (χ4n) is 0.654. The van der Waals surface area contributed by atoms with Crippen molar-refractivity contribution in [2.45, 2.75) is 24.3 Å². The fraction of sp³-hybridized carbons (Fsp3) is 1.00. The minimum atomic E-state index is 0.259. The lowest BCUT2D eigenvalue weighted by Gasteiger charge is -2.06. The second kappa shape index (κ2) is 2.80. The van der Waals surface area contributed by atoms with E-state index in [1.807, 2.05) is 0 Å². The lowest BCUT2D eigenvalue weighted by Crippen LogP contribution is -2.14. The summed E-state index contributed by atoms with van der Waals surface area (Å²) in [5.41, 5.74) is 0. The van der Waals surface area contributed by atoms with Crippen LogP contribution in [0.1, 0.15) is 13.3 Å². The standard InChI is InChI=1S/C5H9BrO2/c1-4(6)5-2-3-7-8-5/h4-5H,2-3H2,1H3. The lowest BCUT2D eigenvalue weighted by molar-refractivity contribution is -0.273. The van der Waals surface area contributed by atoms with Crippen molar-refractivity contribution in [2.24, 2.45) is 0 Å². The molecule has 0 bridgehead atoms. The predicted molar refractivity (Wildman–Crippen MR) is 33.8 cm³/mol. The Kier molecular flexibility index (Phi) is 2.28. The smallest absolute Gasteiger partial charge is 0.107 e. The molecule has 3 heteroatoms. The number of rotatable bonds is 1. The molecule has 1 aliphatic heterocycles. The molecular formula is C5H9BrO2. The summed E-state index contributed by atoms with van der Waals surface area (Å²) in [5.74, 6) is 0. The third-order valence-electron chi connectivity index (χ3n) is 1.19. The Bertz CT molecular complexity index is 68.8. The van der Waals surface area contributed by atoms with E-state index < -0.39 is 0 Å². The highest BCUT2D eigenvalue weighted by Crippen LogP contribution is 2.17. The van der Waals surface area contributed by atoms with Gasteiger partial charge in [0, 0.05) is 11.2 Å². The highest BCUT2D eigenvalue weighted by molar-refractivity contribution is 9.09. The van der Waals surface area contributed by atoms with E-state index in [1.165, 1.54) is 0 Å². The summed E-state index contributed by atoms with van der Waals surface area (Å²) in [4.78, 5) is 9.96. The number of halogens is 1. The molecule has 48 valence electrons. The van der Waals surface area contributed by atoms with E-state index >= 15 is 0 Å². The van der Waals surface area contributed by atoms with Gasteiger partial charge in [-0.3, -0.25) is 0 Å². The number of hydrogen-bond acceptors (Lipinski definition) is 2. The van der Waals surface area contributed by atoms with Gasteiger partial charge in [0.15, 0.2) is 0 Å². The van der Waals surface area contributed by atoms with Crippen LogP contribution in [0.2, 0.25) is 0 Å². The molecule has 1 rings (SSSR count). The first-order valence-electron chi connectivity index (χ1n) is 2.73. The SMILES string of the molecule is CC(Br)C1CCOO1. The van der Waals surface area contributed by atoms with Gasteiger partial charge in [-0.2, -0.15) is 0 Å². The number of hydrogen-bond donors (Lipinski definition) is 0. The Balaban J connectivity index is 2.24. The maximum absolute atomic E-state index is 4.87. The Hall–Kier alpha value is 0.400. The van der Waals surface area contributed by atoms with Crippen LogP contribution in [0.3, 0.4) is 0 Å². The van der Waals surface area contributed by atoms with E-state index in [0.717, 1.165) is 13.0 Å². The molecular weight excluding hydrogens is 172 g/mol. The molecule has 1 aliphatic rings. The predicted octanol–water partition coefficient (Wildman–Crippen LogP) is 1.49. The lowest BCUT2D eigenvalue weighted by atomic mass is 10.2. The van der Waals surface area contributed by atoms with Crippen LogP contribution >= 0.6 is 15.9 Å².